The number of nitrogens with zero attached hydrogens (tertiary/aromatic N) is 2. The second-order valence-corrected chi connectivity index (χ2v) is 11.6. The highest BCUT2D eigenvalue weighted by Crippen LogP contribution is 2.49. The lowest BCUT2D eigenvalue weighted by molar-refractivity contribution is -0.984. The first kappa shape index (κ1) is 26.8. The smallest absolute Gasteiger partial charge is 0.131 e. The molecule has 5 aromatic rings. The number of aliphatic hydroxyl groups excluding tert-OH is 1. The molecule has 1 N–H and O–H groups in total. The summed E-state index contributed by atoms with van der Waals surface area (Å²) >= 11 is 0. The molecule has 4 nitrogen and oxygen atoms in total. The molecule has 4 heterocycles. The van der Waals surface area contributed by atoms with Gasteiger partial charge in [-0.05, 0) is 63.4 Å². The molecule has 0 amide bonds. The first-order chi connectivity index (χ1) is 19.1. The predicted octanol–water partition coefficient (Wildman–Crippen LogP) is 4.20. The number of pyridine rings is 1. The van der Waals surface area contributed by atoms with Crippen molar-refractivity contribution >= 4 is 32.4 Å². The fourth-order valence-electron chi connectivity index (χ4n) is 7.71. The number of fused-ring (bicyclic) bond motifs is 6. The van der Waals surface area contributed by atoms with Gasteiger partial charge in [0.25, 0.3) is 0 Å². The molecule has 5 heteroatoms. The van der Waals surface area contributed by atoms with Crippen LogP contribution in [0.15, 0.2) is 97.7 Å². The highest BCUT2D eigenvalue weighted by molar-refractivity contribution is 6.02. The number of aromatic nitrogens is 1. The van der Waals surface area contributed by atoms with E-state index in [1.54, 1.807) is 7.11 Å². The molecule has 0 aliphatic carbocycles. The number of halogens is 1. The largest absolute Gasteiger partial charge is 1.00 e. The van der Waals surface area contributed by atoms with E-state index in [0.717, 1.165) is 52.8 Å². The monoisotopic (exact) mass is 550 g/mol. The Kier molecular flexibility index (Phi) is 7.03. The molecular weight excluding hydrogens is 516 g/mol. The highest BCUT2D eigenvalue weighted by atomic mass is 35.5. The van der Waals surface area contributed by atoms with Crippen molar-refractivity contribution in [3.8, 4) is 5.75 Å². The maximum Gasteiger partial charge on any atom is 0.131 e. The Morgan fingerprint density at radius 3 is 2.42 bits per heavy atom. The molecule has 3 fully saturated rings. The van der Waals surface area contributed by atoms with Crippen molar-refractivity contribution in [3.63, 3.8) is 0 Å². The van der Waals surface area contributed by atoms with E-state index in [1.807, 2.05) is 30.5 Å². The zero-order valence-corrected chi connectivity index (χ0v) is 23.6. The van der Waals surface area contributed by atoms with Crippen LogP contribution in [-0.4, -0.2) is 40.8 Å². The molecule has 3 aliphatic rings. The molecule has 5 atom stereocenters. The lowest BCUT2D eigenvalue weighted by Gasteiger charge is -2.58. The van der Waals surface area contributed by atoms with Crippen molar-refractivity contribution in [3.05, 3.63) is 109 Å². The molecular formula is C35H35ClN2O2. The third-order valence-electron chi connectivity index (χ3n) is 9.70. The molecule has 8 rings (SSSR count). The third-order valence-corrected chi connectivity index (χ3v) is 9.70. The fourth-order valence-corrected chi connectivity index (χ4v) is 7.71. The van der Waals surface area contributed by atoms with Gasteiger partial charge in [0.15, 0.2) is 0 Å². The van der Waals surface area contributed by atoms with Crippen molar-refractivity contribution in [2.24, 2.45) is 11.8 Å². The zero-order valence-electron chi connectivity index (χ0n) is 22.8. The Morgan fingerprint density at radius 1 is 1.00 bits per heavy atom. The van der Waals surface area contributed by atoms with Crippen molar-refractivity contribution < 1.29 is 26.7 Å². The van der Waals surface area contributed by atoms with Crippen LogP contribution in [0.2, 0.25) is 0 Å². The maximum atomic E-state index is 12.2. The second-order valence-electron chi connectivity index (χ2n) is 11.6. The van der Waals surface area contributed by atoms with Crippen molar-refractivity contribution in [1.82, 2.24) is 4.98 Å². The van der Waals surface area contributed by atoms with Gasteiger partial charge in [0.05, 0.1) is 25.7 Å². The van der Waals surface area contributed by atoms with E-state index in [1.165, 1.54) is 33.5 Å². The van der Waals surface area contributed by atoms with Gasteiger partial charge in [0.1, 0.15) is 24.4 Å². The van der Waals surface area contributed by atoms with E-state index in [2.05, 4.69) is 72.2 Å². The van der Waals surface area contributed by atoms with Crippen LogP contribution in [0.4, 0.5) is 0 Å². The van der Waals surface area contributed by atoms with Gasteiger partial charge in [0.2, 0.25) is 0 Å². The second kappa shape index (κ2) is 10.5. The molecule has 0 radical (unpaired) electrons. The molecule has 40 heavy (non-hydrogen) atoms. The van der Waals surface area contributed by atoms with Crippen LogP contribution in [0.3, 0.4) is 0 Å². The zero-order chi connectivity index (χ0) is 26.6. The van der Waals surface area contributed by atoms with E-state index < -0.39 is 6.10 Å². The van der Waals surface area contributed by atoms with E-state index in [0.29, 0.717) is 11.8 Å². The van der Waals surface area contributed by atoms with Gasteiger partial charge in [-0.1, -0.05) is 54.6 Å². The molecule has 204 valence electrons. The molecule has 0 spiro atoms. The first-order valence-corrected chi connectivity index (χ1v) is 14.1. The minimum atomic E-state index is -0.600. The molecule has 0 saturated carbocycles. The Balaban J connectivity index is 0.00000289. The van der Waals surface area contributed by atoms with Crippen LogP contribution in [0, 0.1) is 11.8 Å². The number of piperidine rings is 3. The van der Waals surface area contributed by atoms with Crippen LogP contribution in [0.5, 0.6) is 5.75 Å². The van der Waals surface area contributed by atoms with Crippen LogP contribution >= 0.6 is 0 Å². The van der Waals surface area contributed by atoms with Crippen LogP contribution in [0.25, 0.3) is 32.4 Å². The van der Waals surface area contributed by atoms with E-state index >= 15 is 0 Å². The molecule has 4 aromatic carbocycles. The quantitative estimate of drug-likeness (QED) is 0.196. The number of quaternary nitrogens is 1. The Bertz CT molecular complexity index is 1660. The summed E-state index contributed by atoms with van der Waals surface area (Å²) in [6.45, 7) is 7.21. The van der Waals surface area contributed by atoms with Crippen molar-refractivity contribution in [2.75, 3.05) is 20.2 Å². The lowest BCUT2D eigenvalue weighted by atomic mass is 9.71. The van der Waals surface area contributed by atoms with E-state index in [-0.39, 0.29) is 18.4 Å². The van der Waals surface area contributed by atoms with Gasteiger partial charge >= 0.3 is 0 Å². The minimum Gasteiger partial charge on any atom is -1.00 e. The Labute approximate surface area is 241 Å². The summed E-state index contributed by atoms with van der Waals surface area (Å²) in [4.78, 5) is 4.59. The summed E-state index contributed by atoms with van der Waals surface area (Å²) in [6, 6.07) is 27.9. The molecule has 2 bridgehead atoms. The van der Waals surface area contributed by atoms with Gasteiger partial charge in [-0.25, -0.2) is 0 Å². The maximum absolute atomic E-state index is 12.2. The van der Waals surface area contributed by atoms with Gasteiger partial charge in [-0.2, -0.15) is 0 Å². The average molecular weight is 551 g/mol. The number of rotatable bonds is 6. The number of aliphatic hydroxyl groups is 1. The molecule has 1 aromatic heterocycles. The molecule has 3 aliphatic heterocycles. The summed E-state index contributed by atoms with van der Waals surface area (Å²) in [6.07, 6.45) is 5.58. The van der Waals surface area contributed by atoms with Crippen LogP contribution in [-0.2, 0) is 6.54 Å². The van der Waals surface area contributed by atoms with Gasteiger partial charge in [-0.15, -0.1) is 6.58 Å². The van der Waals surface area contributed by atoms with Crippen molar-refractivity contribution in [2.45, 2.75) is 31.5 Å². The minimum absolute atomic E-state index is 0. The lowest BCUT2D eigenvalue weighted by Crippen LogP contribution is -3.00. The Hall–Kier alpha value is -3.44. The standard InChI is InChI=1S/C35H35N2O2.ClH/c1-3-23-21-37(22-32-28-10-6-4-8-25(28)18-26-9-5-7-11-29(26)32)17-15-24(23)19-34(37)35(38)30-14-16-36-33-13-12-27(39-2)20-31(30)33;/h3-14,16,18,20,23-24,34-35,38H,1,15,17,19,21-22H2,2H3;1H/q+1;/p-1/t23?,24?,34-,35+,37?;/m0./s1. The predicted molar refractivity (Wildman–Crippen MR) is 159 cm³/mol. The van der Waals surface area contributed by atoms with Crippen LogP contribution < -0.4 is 17.1 Å². The number of benzene rings is 4. The summed E-state index contributed by atoms with van der Waals surface area (Å²) in [5, 5.41) is 18.4. The number of hydrogen-bond acceptors (Lipinski definition) is 3. The summed E-state index contributed by atoms with van der Waals surface area (Å²) in [5.41, 5.74) is 3.23. The average Bonchev–Trinajstić information content (AvgIpc) is 3.00. The summed E-state index contributed by atoms with van der Waals surface area (Å²) in [5.74, 6) is 1.82. The van der Waals surface area contributed by atoms with Crippen molar-refractivity contribution in [1.29, 1.82) is 0 Å². The first-order valence-electron chi connectivity index (χ1n) is 14.1. The van der Waals surface area contributed by atoms with Crippen LogP contribution in [0.1, 0.15) is 30.1 Å². The normalized spacial score (nSPS) is 24.6. The molecule has 3 unspecified atom stereocenters. The fraction of sp³-hybridized carbons (Fsp3) is 0.286. The van der Waals surface area contributed by atoms with Gasteiger partial charge < -0.3 is 26.7 Å². The summed E-state index contributed by atoms with van der Waals surface area (Å²) < 4.78 is 6.41. The summed E-state index contributed by atoms with van der Waals surface area (Å²) in [7, 11) is 1.68. The van der Waals surface area contributed by atoms with Gasteiger partial charge in [-0.3, -0.25) is 4.98 Å². The van der Waals surface area contributed by atoms with E-state index in [9.17, 15) is 5.11 Å². The topological polar surface area (TPSA) is 42.4 Å². The highest BCUT2D eigenvalue weighted by Gasteiger charge is 2.54. The number of methoxy groups -OCH3 is 1. The SMILES string of the molecule is C=CC1C[N+]2(Cc3c4ccccc4cc4ccccc34)CCC1C[C@H]2[C@H](O)c1ccnc2ccc(OC)cc12.[Cl-]. The number of ether oxygens (including phenoxy) is 1. The van der Waals surface area contributed by atoms with E-state index in [4.69, 9.17) is 4.74 Å². The van der Waals surface area contributed by atoms with Gasteiger partial charge in [0, 0.05) is 35.9 Å². The number of hydrogen-bond donors (Lipinski definition) is 1. The Morgan fingerprint density at radius 2 is 1.73 bits per heavy atom. The molecule has 3 saturated heterocycles. The third kappa shape index (κ3) is 4.26.